The molecular weight excluding hydrogens is 200 g/mol. The van der Waals surface area contributed by atoms with Crippen LogP contribution in [0.1, 0.15) is 25.8 Å². The highest BCUT2D eigenvalue weighted by Crippen LogP contribution is 2.19. The van der Waals surface area contributed by atoms with Crippen molar-refractivity contribution >= 4 is 5.70 Å². The number of hydrogen-bond acceptors (Lipinski definition) is 3. The van der Waals surface area contributed by atoms with E-state index >= 15 is 0 Å². The summed E-state index contributed by atoms with van der Waals surface area (Å²) < 4.78 is 5.50. The highest BCUT2D eigenvalue weighted by Gasteiger charge is 2.02. The van der Waals surface area contributed by atoms with Gasteiger partial charge in [-0.25, -0.2) is 0 Å². The van der Waals surface area contributed by atoms with E-state index in [-0.39, 0.29) is 0 Å². The first-order valence-corrected chi connectivity index (χ1v) is 5.28. The Labute approximate surface area is 96.1 Å². The normalized spacial score (nSPS) is 11.6. The van der Waals surface area contributed by atoms with Crippen molar-refractivity contribution in [3.05, 3.63) is 35.4 Å². The van der Waals surface area contributed by atoms with E-state index in [1.165, 1.54) is 0 Å². The molecule has 0 aliphatic rings. The summed E-state index contributed by atoms with van der Waals surface area (Å²) >= 11 is 0. The molecular formula is C13H16N2O. The summed E-state index contributed by atoms with van der Waals surface area (Å²) in [7, 11) is 0. The van der Waals surface area contributed by atoms with Crippen LogP contribution in [0.4, 0.5) is 0 Å². The predicted molar refractivity (Wildman–Crippen MR) is 64.6 cm³/mol. The molecule has 0 bridgehead atoms. The predicted octanol–water partition coefficient (Wildman–Crippen LogP) is 2.69. The summed E-state index contributed by atoms with van der Waals surface area (Å²) in [4.78, 5) is 0. The van der Waals surface area contributed by atoms with Crippen molar-refractivity contribution in [2.24, 2.45) is 5.73 Å². The zero-order valence-corrected chi connectivity index (χ0v) is 9.66. The van der Waals surface area contributed by atoms with Crippen LogP contribution in [0.5, 0.6) is 5.75 Å². The summed E-state index contributed by atoms with van der Waals surface area (Å²) in [5.74, 6) is 0.785. The first-order chi connectivity index (χ1) is 7.69. The fourth-order valence-electron chi connectivity index (χ4n) is 1.25. The number of benzene rings is 1. The molecule has 0 fully saturated rings. The fraction of sp³-hybridized carbons (Fsp3) is 0.308. The molecule has 0 aliphatic heterocycles. The van der Waals surface area contributed by atoms with Gasteiger partial charge in [0.15, 0.2) is 0 Å². The molecule has 0 saturated carbocycles. The topological polar surface area (TPSA) is 59.0 Å². The second kappa shape index (κ2) is 5.82. The molecule has 0 spiro atoms. The molecule has 2 N–H and O–H groups in total. The van der Waals surface area contributed by atoms with Crippen LogP contribution in [0, 0.1) is 11.3 Å². The van der Waals surface area contributed by atoms with Crippen LogP contribution in [0.15, 0.2) is 29.8 Å². The van der Waals surface area contributed by atoms with Crippen molar-refractivity contribution in [1.29, 1.82) is 5.26 Å². The quantitative estimate of drug-likeness (QED) is 0.787. The average Bonchev–Trinajstić information content (AvgIpc) is 2.34. The number of allylic oxidation sites excluding steroid dienone is 1. The van der Waals surface area contributed by atoms with Crippen LogP contribution in [0.3, 0.4) is 0 Å². The Bertz CT molecular complexity index is 430. The maximum atomic E-state index is 8.76. The van der Waals surface area contributed by atoms with Crippen LogP contribution >= 0.6 is 0 Å². The van der Waals surface area contributed by atoms with E-state index in [2.05, 4.69) is 6.92 Å². The Kier molecular flexibility index (Phi) is 4.41. The molecule has 0 radical (unpaired) electrons. The van der Waals surface area contributed by atoms with Crippen LogP contribution in [0.2, 0.25) is 0 Å². The van der Waals surface area contributed by atoms with Gasteiger partial charge >= 0.3 is 0 Å². The molecule has 0 heterocycles. The SMILES string of the molecule is CCCOc1cccc(/C(N)=C(/C)C#N)c1. The van der Waals surface area contributed by atoms with E-state index in [9.17, 15) is 0 Å². The van der Waals surface area contributed by atoms with E-state index in [4.69, 9.17) is 15.7 Å². The highest BCUT2D eigenvalue weighted by molar-refractivity contribution is 5.69. The minimum Gasteiger partial charge on any atom is -0.494 e. The largest absolute Gasteiger partial charge is 0.494 e. The van der Waals surface area contributed by atoms with E-state index in [1.807, 2.05) is 30.3 Å². The van der Waals surface area contributed by atoms with Gasteiger partial charge in [-0.3, -0.25) is 0 Å². The summed E-state index contributed by atoms with van der Waals surface area (Å²) in [5.41, 5.74) is 7.70. The van der Waals surface area contributed by atoms with Crippen molar-refractivity contribution < 1.29 is 4.74 Å². The van der Waals surface area contributed by atoms with Gasteiger partial charge in [0.2, 0.25) is 0 Å². The number of nitrogens with zero attached hydrogens (tertiary/aromatic N) is 1. The molecule has 0 atom stereocenters. The van der Waals surface area contributed by atoms with Gasteiger partial charge in [-0.1, -0.05) is 19.1 Å². The number of rotatable bonds is 4. The second-order valence-electron chi connectivity index (χ2n) is 3.53. The number of nitrogens with two attached hydrogens (primary N) is 1. The van der Waals surface area contributed by atoms with Gasteiger partial charge in [0.25, 0.3) is 0 Å². The number of nitriles is 1. The Morgan fingerprint density at radius 1 is 1.50 bits per heavy atom. The third-order valence-corrected chi connectivity index (χ3v) is 2.19. The van der Waals surface area contributed by atoms with Crippen molar-refractivity contribution in [2.45, 2.75) is 20.3 Å². The molecule has 1 aromatic carbocycles. The molecule has 3 heteroatoms. The van der Waals surface area contributed by atoms with Gasteiger partial charge in [-0.2, -0.15) is 5.26 Å². The monoisotopic (exact) mass is 216 g/mol. The highest BCUT2D eigenvalue weighted by atomic mass is 16.5. The van der Waals surface area contributed by atoms with Crippen molar-refractivity contribution in [3.63, 3.8) is 0 Å². The Balaban J connectivity index is 2.95. The molecule has 0 saturated heterocycles. The molecule has 16 heavy (non-hydrogen) atoms. The summed E-state index contributed by atoms with van der Waals surface area (Å²) in [5, 5.41) is 8.76. The maximum absolute atomic E-state index is 8.76. The number of hydrogen-bond donors (Lipinski definition) is 1. The van der Waals surface area contributed by atoms with E-state index in [0.717, 1.165) is 17.7 Å². The molecule has 1 aromatic rings. The van der Waals surface area contributed by atoms with Crippen LogP contribution in [-0.2, 0) is 0 Å². The van der Waals surface area contributed by atoms with Crippen LogP contribution < -0.4 is 10.5 Å². The Hall–Kier alpha value is -1.95. The van der Waals surface area contributed by atoms with Crippen LogP contribution in [-0.4, -0.2) is 6.61 Å². The van der Waals surface area contributed by atoms with E-state index in [0.29, 0.717) is 17.9 Å². The first-order valence-electron chi connectivity index (χ1n) is 5.28. The lowest BCUT2D eigenvalue weighted by Gasteiger charge is -2.07. The zero-order chi connectivity index (χ0) is 12.0. The molecule has 3 nitrogen and oxygen atoms in total. The lowest BCUT2D eigenvalue weighted by atomic mass is 10.1. The smallest absolute Gasteiger partial charge is 0.119 e. The molecule has 0 aromatic heterocycles. The molecule has 1 rings (SSSR count). The van der Waals surface area contributed by atoms with E-state index < -0.39 is 0 Å². The third kappa shape index (κ3) is 3.03. The minimum absolute atomic E-state index is 0.504. The molecule has 0 aliphatic carbocycles. The van der Waals surface area contributed by atoms with Gasteiger partial charge in [-0.15, -0.1) is 0 Å². The van der Waals surface area contributed by atoms with Crippen molar-refractivity contribution in [2.75, 3.05) is 6.61 Å². The Morgan fingerprint density at radius 3 is 2.88 bits per heavy atom. The summed E-state index contributed by atoms with van der Waals surface area (Å²) in [6, 6.07) is 9.52. The summed E-state index contributed by atoms with van der Waals surface area (Å²) in [6.07, 6.45) is 0.965. The van der Waals surface area contributed by atoms with Gasteiger partial charge in [0.1, 0.15) is 5.75 Å². The summed E-state index contributed by atoms with van der Waals surface area (Å²) in [6.45, 7) is 4.44. The molecule has 84 valence electrons. The van der Waals surface area contributed by atoms with Gasteiger partial charge in [0.05, 0.1) is 18.4 Å². The lowest BCUT2D eigenvalue weighted by molar-refractivity contribution is 0.317. The minimum atomic E-state index is 0.504. The fourth-order valence-corrected chi connectivity index (χ4v) is 1.25. The van der Waals surface area contributed by atoms with E-state index in [1.54, 1.807) is 6.92 Å². The number of ether oxygens (including phenoxy) is 1. The van der Waals surface area contributed by atoms with Gasteiger partial charge < -0.3 is 10.5 Å². The van der Waals surface area contributed by atoms with Gasteiger partial charge in [0, 0.05) is 11.1 Å². The third-order valence-electron chi connectivity index (χ3n) is 2.19. The molecule has 0 unspecified atom stereocenters. The molecule has 0 amide bonds. The van der Waals surface area contributed by atoms with Crippen LogP contribution in [0.25, 0.3) is 5.70 Å². The van der Waals surface area contributed by atoms with Crippen molar-refractivity contribution in [1.82, 2.24) is 0 Å². The lowest BCUT2D eigenvalue weighted by Crippen LogP contribution is -2.00. The Morgan fingerprint density at radius 2 is 2.25 bits per heavy atom. The standard InChI is InChI=1S/C13H16N2O/c1-3-7-16-12-6-4-5-11(8-12)13(15)10(2)9-14/h4-6,8H,3,7,15H2,1-2H3/b13-10+. The average molecular weight is 216 g/mol. The van der Waals surface area contributed by atoms with Gasteiger partial charge in [-0.05, 0) is 25.5 Å². The zero-order valence-electron chi connectivity index (χ0n) is 9.66. The van der Waals surface area contributed by atoms with Crippen molar-refractivity contribution in [3.8, 4) is 11.8 Å². The first kappa shape index (κ1) is 12.1. The maximum Gasteiger partial charge on any atom is 0.119 e. The second-order valence-corrected chi connectivity index (χ2v) is 3.53.